The Morgan fingerprint density at radius 2 is 2.00 bits per heavy atom. The Kier molecular flexibility index (Phi) is 3.35. The van der Waals surface area contributed by atoms with E-state index in [4.69, 9.17) is 4.42 Å². The second kappa shape index (κ2) is 5.44. The molecule has 25 heavy (non-hydrogen) atoms. The summed E-state index contributed by atoms with van der Waals surface area (Å²) in [4.78, 5) is 29.7. The van der Waals surface area contributed by atoms with Crippen molar-refractivity contribution in [3.05, 3.63) is 64.0 Å². The van der Waals surface area contributed by atoms with Gasteiger partial charge in [0, 0.05) is 29.4 Å². The quantitative estimate of drug-likeness (QED) is 0.540. The normalized spacial score (nSPS) is 11.5. The molecule has 0 saturated heterocycles. The van der Waals surface area contributed by atoms with Crippen LogP contribution in [0.15, 0.2) is 45.9 Å². The third-order valence-electron chi connectivity index (χ3n) is 4.74. The first-order chi connectivity index (χ1) is 12.0. The maximum atomic E-state index is 12.7. The fourth-order valence-electron chi connectivity index (χ4n) is 3.11. The molecule has 0 unspecified atom stereocenters. The first-order valence-corrected chi connectivity index (χ1v) is 8.00. The highest BCUT2D eigenvalue weighted by atomic mass is 16.3. The van der Waals surface area contributed by atoms with E-state index in [9.17, 15) is 9.59 Å². The van der Waals surface area contributed by atoms with Crippen molar-refractivity contribution in [3.63, 3.8) is 0 Å². The Morgan fingerprint density at radius 3 is 2.72 bits per heavy atom. The summed E-state index contributed by atoms with van der Waals surface area (Å²) in [5.74, 6) is -0.124. The highest BCUT2D eigenvalue weighted by molar-refractivity contribution is 6.02. The summed E-state index contributed by atoms with van der Waals surface area (Å²) >= 11 is 0. The summed E-state index contributed by atoms with van der Waals surface area (Å²) in [6.45, 7) is 3.77. The van der Waals surface area contributed by atoms with Crippen LogP contribution in [-0.4, -0.2) is 19.9 Å². The molecule has 3 heterocycles. The van der Waals surface area contributed by atoms with Gasteiger partial charge in [0.2, 0.25) is 5.58 Å². The van der Waals surface area contributed by atoms with E-state index in [0.29, 0.717) is 16.7 Å². The molecule has 6 nitrogen and oxygen atoms in total. The summed E-state index contributed by atoms with van der Waals surface area (Å²) in [6.07, 6.45) is 1.41. The molecule has 0 fully saturated rings. The zero-order valence-corrected chi connectivity index (χ0v) is 14.2. The fourth-order valence-corrected chi connectivity index (χ4v) is 3.11. The Morgan fingerprint density at radius 1 is 1.24 bits per heavy atom. The number of benzene rings is 1. The molecule has 3 aromatic heterocycles. The van der Waals surface area contributed by atoms with Crippen LogP contribution < -0.4 is 5.56 Å². The molecule has 0 aliphatic carbocycles. The number of rotatable bonds is 3. The molecule has 6 heteroatoms. The highest BCUT2D eigenvalue weighted by Crippen LogP contribution is 2.24. The second-order valence-electron chi connectivity index (χ2n) is 6.22. The number of carbonyl (C=O) groups excluding carboxylic acids is 1. The van der Waals surface area contributed by atoms with Gasteiger partial charge in [0.25, 0.3) is 5.56 Å². The molecule has 0 aliphatic heterocycles. The first-order valence-electron chi connectivity index (χ1n) is 8.00. The van der Waals surface area contributed by atoms with E-state index in [-0.39, 0.29) is 23.5 Å². The summed E-state index contributed by atoms with van der Waals surface area (Å²) in [5.41, 5.74) is 3.47. The molecule has 0 atom stereocenters. The standard InChI is InChI=1S/C19H17N3O3/c1-11-8-14(12(2)21(11)3)15(23)9-22-10-20-17-13-6-4-5-7-16(13)25-18(17)19(22)24/h4-8,10H,9H2,1-3H3. The van der Waals surface area contributed by atoms with Gasteiger partial charge >= 0.3 is 0 Å². The van der Waals surface area contributed by atoms with Gasteiger partial charge in [-0.2, -0.15) is 0 Å². The van der Waals surface area contributed by atoms with Crippen molar-refractivity contribution >= 4 is 27.9 Å². The Hall–Kier alpha value is -3.15. The molecular weight excluding hydrogens is 318 g/mol. The number of aromatic nitrogens is 3. The van der Waals surface area contributed by atoms with Crippen molar-refractivity contribution in [2.24, 2.45) is 7.05 Å². The Bertz CT molecular complexity index is 1190. The van der Waals surface area contributed by atoms with Gasteiger partial charge in [0.1, 0.15) is 11.1 Å². The van der Waals surface area contributed by atoms with E-state index in [2.05, 4.69) is 4.98 Å². The van der Waals surface area contributed by atoms with Crippen LogP contribution in [0.2, 0.25) is 0 Å². The largest absolute Gasteiger partial charge is 0.448 e. The molecule has 0 amide bonds. The number of hydrogen-bond acceptors (Lipinski definition) is 4. The van der Waals surface area contributed by atoms with Crippen molar-refractivity contribution in [2.45, 2.75) is 20.4 Å². The maximum Gasteiger partial charge on any atom is 0.297 e. The van der Waals surface area contributed by atoms with Crippen LogP contribution >= 0.6 is 0 Å². The van der Waals surface area contributed by atoms with Crippen LogP contribution in [-0.2, 0) is 13.6 Å². The number of para-hydroxylation sites is 1. The average Bonchev–Trinajstić information content (AvgIpc) is 3.11. The molecule has 4 rings (SSSR count). The number of ketones is 1. The fraction of sp³-hybridized carbons (Fsp3) is 0.211. The van der Waals surface area contributed by atoms with Crippen LogP contribution in [0, 0.1) is 13.8 Å². The minimum Gasteiger partial charge on any atom is -0.448 e. The second-order valence-corrected chi connectivity index (χ2v) is 6.22. The number of nitrogens with zero attached hydrogens (tertiary/aromatic N) is 3. The lowest BCUT2D eigenvalue weighted by atomic mass is 10.1. The third kappa shape index (κ3) is 2.29. The number of aryl methyl sites for hydroxylation is 1. The molecule has 0 bridgehead atoms. The molecule has 126 valence electrons. The maximum absolute atomic E-state index is 12.7. The van der Waals surface area contributed by atoms with Gasteiger partial charge in [-0.1, -0.05) is 12.1 Å². The molecule has 1 aromatic carbocycles. The van der Waals surface area contributed by atoms with E-state index in [0.717, 1.165) is 16.8 Å². The predicted octanol–water partition coefficient (Wildman–Crippen LogP) is 2.98. The van der Waals surface area contributed by atoms with Crippen molar-refractivity contribution in [2.75, 3.05) is 0 Å². The van der Waals surface area contributed by atoms with E-state index in [1.54, 1.807) is 6.07 Å². The molecule has 0 aliphatic rings. The SMILES string of the molecule is Cc1cc(C(=O)Cn2cnc3c(oc4ccccc43)c2=O)c(C)n1C. The lowest BCUT2D eigenvalue weighted by Gasteiger charge is -2.05. The molecule has 0 spiro atoms. The van der Waals surface area contributed by atoms with Crippen LogP contribution in [0.1, 0.15) is 21.7 Å². The average molecular weight is 335 g/mol. The number of hydrogen-bond donors (Lipinski definition) is 0. The minimum absolute atomic E-state index is 0.0664. The molecule has 0 N–H and O–H groups in total. The summed E-state index contributed by atoms with van der Waals surface area (Å²) < 4.78 is 8.90. The first kappa shape index (κ1) is 15.4. The van der Waals surface area contributed by atoms with E-state index in [1.807, 2.05) is 49.7 Å². The van der Waals surface area contributed by atoms with Crippen LogP contribution in [0.4, 0.5) is 0 Å². The monoisotopic (exact) mass is 335 g/mol. The lowest BCUT2D eigenvalue weighted by molar-refractivity contribution is 0.0970. The Labute approximate surface area is 143 Å². The number of Topliss-reactive ketones (excluding diaryl/α,β-unsaturated/α-hetero) is 1. The molecule has 0 saturated carbocycles. The van der Waals surface area contributed by atoms with Gasteiger partial charge < -0.3 is 8.98 Å². The van der Waals surface area contributed by atoms with Gasteiger partial charge in [-0.3, -0.25) is 14.2 Å². The summed E-state index contributed by atoms with van der Waals surface area (Å²) in [6, 6.07) is 9.21. The van der Waals surface area contributed by atoms with E-state index >= 15 is 0 Å². The van der Waals surface area contributed by atoms with Gasteiger partial charge in [0.05, 0.1) is 12.9 Å². The van der Waals surface area contributed by atoms with E-state index in [1.165, 1.54) is 10.9 Å². The lowest BCUT2D eigenvalue weighted by Crippen LogP contribution is -2.24. The van der Waals surface area contributed by atoms with Gasteiger partial charge in [-0.05, 0) is 32.0 Å². The predicted molar refractivity (Wildman–Crippen MR) is 95.0 cm³/mol. The van der Waals surface area contributed by atoms with Crippen LogP contribution in [0.5, 0.6) is 0 Å². The topological polar surface area (TPSA) is 70.0 Å². The highest BCUT2D eigenvalue weighted by Gasteiger charge is 2.18. The van der Waals surface area contributed by atoms with Crippen LogP contribution in [0.25, 0.3) is 22.1 Å². The van der Waals surface area contributed by atoms with Crippen molar-refractivity contribution in [1.29, 1.82) is 0 Å². The van der Waals surface area contributed by atoms with Gasteiger partial charge in [0.15, 0.2) is 5.78 Å². The number of fused-ring (bicyclic) bond motifs is 3. The van der Waals surface area contributed by atoms with Crippen molar-refractivity contribution in [3.8, 4) is 0 Å². The Balaban J connectivity index is 1.78. The van der Waals surface area contributed by atoms with Crippen molar-refractivity contribution in [1.82, 2.24) is 14.1 Å². The zero-order chi connectivity index (χ0) is 17.7. The minimum atomic E-state index is -0.347. The van der Waals surface area contributed by atoms with Crippen LogP contribution in [0.3, 0.4) is 0 Å². The number of carbonyl (C=O) groups is 1. The smallest absolute Gasteiger partial charge is 0.297 e. The van der Waals surface area contributed by atoms with Gasteiger partial charge in [-0.25, -0.2) is 4.98 Å². The molecule has 4 aromatic rings. The third-order valence-corrected chi connectivity index (χ3v) is 4.74. The van der Waals surface area contributed by atoms with E-state index < -0.39 is 0 Å². The zero-order valence-electron chi connectivity index (χ0n) is 14.2. The molecule has 0 radical (unpaired) electrons. The van der Waals surface area contributed by atoms with Crippen molar-refractivity contribution < 1.29 is 9.21 Å². The number of furan rings is 1. The molecular formula is C19H17N3O3. The summed E-state index contributed by atoms with van der Waals surface area (Å²) in [5, 5.41) is 0.794. The van der Waals surface area contributed by atoms with Gasteiger partial charge in [-0.15, -0.1) is 0 Å². The summed E-state index contributed by atoms with van der Waals surface area (Å²) in [7, 11) is 1.91.